The third-order valence-electron chi connectivity index (χ3n) is 4.53. The first-order valence-electron chi connectivity index (χ1n) is 7.10. The second kappa shape index (κ2) is 6.74. The van der Waals surface area contributed by atoms with Crippen LogP contribution in [0.2, 0.25) is 0 Å². The standard InChI is InChI=1S/C13H12F3N3O6.Na/c14-13(15,16)11(23)18-2-4-1-5(3-25-12(17)24)7(10(21)22)19-6(4)8(18)9(19)20;/h4,6,8H,1-3H2,(H2,17,24)(H,21,22);/q;+1/p-1/t4-,6-,8+;/m1./s1. The van der Waals surface area contributed by atoms with Crippen molar-refractivity contribution < 1.29 is 71.8 Å². The molecule has 26 heavy (non-hydrogen) atoms. The Balaban J connectivity index is 0.00000243. The van der Waals surface area contributed by atoms with Crippen LogP contribution in [-0.2, 0) is 19.1 Å². The van der Waals surface area contributed by atoms with Crippen LogP contribution in [0.4, 0.5) is 18.0 Å². The molecule has 0 radical (unpaired) electrons. The molecule has 9 nitrogen and oxygen atoms in total. The summed E-state index contributed by atoms with van der Waals surface area (Å²) in [4.78, 5) is 47.0. The quantitative estimate of drug-likeness (QED) is 0.383. The molecule has 2 fully saturated rings. The van der Waals surface area contributed by atoms with Crippen LogP contribution in [0.3, 0.4) is 0 Å². The Hall–Kier alpha value is -1.79. The van der Waals surface area contributed by atoms with E-state index < -0.39 is 60.4 Å². The number of nitrogens with zero attached hydrogens (tertiary/aromatic N) is 2. The number of carbonyl (C=O) groups excluding carboxylic acids is 4. The monoisotopic (exact) mass is 385 g/mol. The molecular formula is C13H11F3N3NaO6. The fraction of sp³-hybridized carbons (Fsp3) is 0.538. The van der Waals surface area contributed by atoms with Gasteiger partial charge >= 0.3 is 47.7 Å². The van der Waals surface area contributed by atoms with Gasteiger partial charge in [0, 0.05) is 12.5 Å². The van der Waals surface area contributed by atoms with Crippen molar-refractivity contribution >= 4 is 23.9 Å². The van der Waals surface area contributed by atoms with Crippen LogP contribution < -0.4 is 40.4 Å². The van der Waals surface area contributed by atoms with E-state index in [0.29, 0.717) is 4.90 Å². The minimum atomic E-state index is -5.14. The summed E-state index contributed by atoms with van der Waals surface area (Å²) in [6.45, 7) is -0.903. The Morgan fingerprint density at radius 3 is 2.42 bits per heavy atom. The summed E-state index contributed by atoms with van der Waals surface area (Å²) in [6, 6.07) is -2.23. The number of carboxylic acids is 1. The molecule has 0 spiro atoms. The average Bonchev–Trinajstić information content (AvgIpc) is 2.85. The van der Waals surface area contributed by atoms with Crippen molar-refractivity contribution in [2.24, 2.45) is 11.7 Å². The van der Waals surface area contributed by atoms with Crippen LogP contribution in [0.1, 0.15) is 6.42 Å². The van der Waals surface area contributed by atoms with Gasteiger partial charge in [-0.25, -0.2) is 4.79 Å². The summed E-state index contributed by atoms with van der Waals surface area (Å²) in [5, 5.41) is 11.4. The van der Waals surface area contributed by atoms with Crippen LogP contribution in [0, 0.1) is 5.92 Å². The summed E-state index contributed by atoms with van der Waals surface area (Å²) in [5.74, 6) is -5.43. The predicted octanol–water partition coefficient (Wildman–Crippen LogP) is -4.91. The summed E-state index contributed by atoms with van der Waals surface area (Å²) >= 11 is 0. The number of amides is 3. The number of nitrogens with two attached hydrogens (primary N) is 1. The van der Waals surface area contributed by atoms with Gasteiger partial charge in [-0.2, -0.15) is 13.2 Å². The van der Waals surface area contributed by atoms with E-state index in [1.165, 1.54) is 0 Å². The number of rotatable bonds is 3. The molecule has 3 amide bonds. The average molecular weight is 385 g/mol. The van der Waals surface area contributed by atoms with Crippen LogP contribution in [-0.4, -0.2) is 65.1 Å². The van der Waals surface area contributed by atoms with Gasteiger partial charge in [-0.05, 0) is 12.0 Å². The number of β-lactam (4-membered cyclic amide) rings is 1. The normalized spacial score (nSPS) is 26.7. The number of aliphatic carboxylic acids is 1. The minimum absolute atomic E-state index is 0. The molecule has 0 aromatic heterocycles. The van der Waals surface area contributed by atoms with E-state index in [2.05, 4.69) is 4.74 Å². The van der Waals surface area contributed by atoms with Gasteiger partial charge in [0.15, 0.2) is 0 Å². The van der Waals surface area contributed by atoms with E-state index in [-0.39, 0.29) is 48.1 Å². The number of alkyl halides is 3. The van der Waals surface area contributed by atoms with Gasteiger partial charge in [-0.3, -0.25) is 9.59 Å². The van der Waals surface area contributed by atoms with E-state index in [0.717, 1.165) is 4.90 Å². The zero-order chi connectivity index (χ0) is 18.7. The summed E-state index contributed by atoms with van der Waals surface area (Å²) < 4.78 is 42.6. The van der Waals surface area contributed by atoms with Crippen molar-refractivity contribution in [3.63, 3.8) is 0 Å². The molecular weight excluding hydrogens is 374 g/mol. The van der Waals surface area contributed by atoms with Gasteiger partial charge in [-0.15, -0.1) is 0 Å². The number of carboxylic acid groups (broad SMARTS) is 1. The Morgan fingerprint density at radius 2 is 1.92 bits per heavy atom. The zero-order valence-electron chi connectivity index (χ0n) is 13.4. The van der Waals surface area contributed by atoms with Gasteiger partial charge in [0.05, 0.1) is 17.7 Å². The Labute approximate surface area is 166 Å². The molecule has 2 saturated heterocycles. The molecule has 3 aliphatic rings. The van der Waals surface area contributed by atoms with Crippen LogP contribution in [0.5, 0.6) is 0 Å². The van der Waals surface area contributed by atoms with Crippen molar-refractivity contribution in [2.75, 3.05) is 13.2 Å². The zero-order valence-corrected chi connectivity index (χ0v) is 15.4. The molecule has 3 aliphatic heterocycles. The molecule has 3 atom stereocenters. The smallest absolute Gasteiger partial charge is 0.543 e. The third-order valence-corrected chi connectivity index (χ3v) is 4.53. The van der Waals surface area contributed by atoms with E-state index >= 15 is 0 Å². The maximum atomic E-state index is 12.7. The van der Waals surface area contributed by atoms with Crippen molar-refractivity contribution in [1.29, 1.82) is 0 Å². The second-order valence-electron chi connectivity index (χ2n) is 5.91. The van der Waals surface area contributed by atoms with Gasteiger partial charge in [-0.1, -0.05) is 0 Å². The minimum Gasteiger partial charge on any atom is -0.543 e. The maximum absolute atomic E-state index is 12.7. The molecule has 0 aromatic rings. The number of hydrogen-bond acceptors (Lipinski definition) is 6. The SMILES string of the molecule is NC(=O)OCC1=C(C(=O)[O-])N2C(=O)[C@@H]3[C@H]2[C@H](C1)CN3C(=O)C(F)(F)F.[Na+]. The topological polar surface area (TPSA) is 133 Å². The summed E-state index contributed by atoms with van der Waals surface area (Å²) in [5.41, 5.74) is 4.26. The van der Waals surface area contributed by atoms with Gasteiger partial charge in [0.1, 0.15) is 12.6 Å². The molecule has 0 aliphatic carbocycles. The van der Waals surface area contributed by atoms with Crippen molar-refractivity contribution in [3.8, 4) is 0 Å². The van der Waals surface area contributed by atoms with E-state index in [1.54, 1.807) is 0 Å². The first-order chi connectivity index (χ1) is 11.5. The molecule has 3 rings (SSSR count). The van der Waals surface area contributed by atoms with E-state index in [1.807, 2.05) is 0 Å². The molecule has 0 unspecified atom stereocenters. The number of primary amides is 1. The summed E-state index contributed by atoms with van der Waals surface area (Å²) in [7, 11) is 0. The van der Waals surface area contributed by atoms with Crippen molar-refractivity contribution in [2.45, 2.75) is 24.7 Å². The van der Waals surface area contributed by atoms with Crippen molar-refractivity contribution in [3.05, 3.63) is 11.3 Å². The molecule has 13 heteroatoms. The molecule has 0 bridgehead atoms. The molecule has 0 aromatic carbocycles. The fourth-order valence-electron chi connectivity index (χ4n) is 3.68. The number of ether oxygens (including phenoxy) is 1. The number of carbonyl (C=O) groups is 4. The fourth-order valence-corrected chi connectivity index (χ4v) is 3.68. The Morgan fingerprint density at radius 1 is 1.31 bits per heavy atom. The number of halogens is 3. The van der Waals surface area contributed by atoms with E-state index in [9.17, 15) is 37.5 Å². The third kappa shape index (κ3) is 3.05. The maximum Gasteiger partial charge on any atom is 1.00 e. The first-order valence-corrected chi connectivity index (χ1v) is 7.10. The van der Waals surface area contributed by atoms with Gasteiger partial charge in [0.25, 0.3) is 5.91 Å². The van der Waals surface area contributed by atoms with E-state index in [4.69, 9.17) is 5.73 Å². The number of likely N-dealkylation sites (tertiary alicyclic amines) is 1. The second-order valence-corrected chi connectivity index (χ2v) is 5.91. The van der Waals surface area contributed by atoms with Crippen LogP contribution in [0.15, 0.2) is 11.3 Å². The molecule has 2 N–H and O–H groups in total. The molecule has 136 valence electrons. The van der Waals surface area contributed by atoms with Gasteiger partial charge < -0.3 is 30.2 Å². The Bertz CT molecular complexity index is 724. The van der Waals surface area contributed by atoms with Crippen LogP contribution in [0.25, 0.3) is 0 Å². The number of hydrogen-bond donors (Lipinski definition) is 1. The molecule has 0 saturated carbocycles. The largest absolute Gasteiger partial charge is 1.00 e. The summed E-state index contributed by atoms with van der Waals surface area (Å²) in [6.07, 6.45) is -6.39. The van der Waals surface area contributed by atoms with Gasteiger partial charge in [0.2, 0.25) is 0 Å². The van der Waals surface area contributed by atoms with Crippen LogP contribution >= 0.6 is 0 Å². The Kier molecular flexibility index (Phi) is 5.32. The van der Waals surface area contributed by atoms with Crippen molar-refractivity contribution in [1.82, 2.24) is 9.80 Å². The molecule has 3 heterocycles. The first kappa shape index (κ1) is 20.5. The predicted molar refractivity (Wildman–Crippen MR) is 67.9 cm³/mol.